The van der Waals surface area contributed by atoms with Gasteiger partial charge < -0.3 is 15.2 Å². The third-order valence-electron chi connectivity index (χ3n) is 3.29. The fraction of sp³-hybridized carbons (Fsp3) is 0.200. The van der Waals surface area contributed by atoms with Gasteiger partial charge in [-0.05, 0) is 64.0 Å². The Morgan fingerprint density at radius 2 is 1.67 bits per heavy atom. The van der Waals surface area contributed by atoms with Crippen molar-refractivity contribution in [1.82, 2.24) is 0 Å². The molecular weight excluding hydrogens is 513 g/mol. The van der Waals surface area contributed by atoms with E-state index >= 15 is 0 Å². The number of nitrogens with two attached hydrogens (primary N) is 1. The predicted octanol–water partition coefficient (Wildman–Crippen LogP) is 4.64. The standard InChI is InChI=1S/C15H12Br2INO2/c16-8-1-2-12(18)10(5-8)15(19)9-6-13-14(7-11(9)17)21-4-3-20-13/h1-2,5-7,15H,3-4,19H2. The van der Waals surface area contributed by atoms with Crippen molar-refractivity contribution in [3.8, 4) is 11.5 Å². The number of ether oxygens (including phenoxy) is 2. The number of rotatable bonds is 2. The molecule has 3 rings (SSSR count). The molecule has 0 spiro atoms. The van der Waals surface area contributed by atoms with Crippen LogP contribution in [-0.4, -0.2) is 13.2 Å². The molecule has 3 nitrogen and oxygen atoms in total. The van der Waals surface area contributed by atoms with Gasteiger partial charge in [0.25, 0.3) is 0 Å². The summed E-state index contributed by atoms with van der Waals surface area (Å²) in [4.78, 5) is 0. The van der Waals surface area contributed by atoms with Crippen LogP contribution in [0.3, 0.4) is 0 Å². The average molecular weight is 525 g/mol. The van der Waals surface area contributed by atoms with Crippen LogP contribution in [0.4, 0.5) is 0 Å². The molecule has 0 aromatic heterocycles. The first-order valence-corrected chi connectivity index (χ1v) is 9.02. The zero-order valence-electron chi connectivity index (χ0n) is 10.9. The maximum Gasteiger partial charge on any atom is 0.162 e. The first kappa shape index (κ1) is 15.6. The first-order valence-electron chi connectivity index (χ1n) is 6.36. The number of benzene rings is 2. The molecule has 2 aromatic rings. The van der Waals surface area contributed by atoms with Crippen molar-refractivity contribution in [2.24, 2.45) is 5.73 Å². The SMILES string of the molecule is NC(c1cc2c(cc1Br)OCCO2)c1cc(Br)ccc1I. The molecule has 1 heterocycles. The van der Waals surface area contributed by atoms with E-state index in [9.17, 15) is 0 Å². The van der Waals surface area contributed by atoms with Crippen LogP contribution in [0.15, 0.2) is 39.3 Å². The highest BCUT2D eigenvalue weighted by Crippen LogP contribution is 2.39. The van der Waals surface area contributed by atoms with Crippen molar-refractivity contribution in [3.63, 3.8) is 0 Å². The highest BCUT2D eigenvalue weighted by Gasteiger charge is 2.20. The van der Waals surface area contributed by atoms with Gasteiger partial charge in [-0.2, -0.15) is 0 Å². The van der Waals surface area contributed by atoms with Crippen molar-refractivity contribution >= 4 is 54.5 Å². The van der Waals surface area contributed by atoms with Gasteiger partial charge in [0.2, 0.25) is 0 Å². The van der Waals surface area contributed by atoms with E-state index in [4.69, 9.17) is 15.2 Å². The van der Waals surface area contributed by atoms with Crippen LogP contribution in [0.2, 0.25) is 0 Å². The van der Waals surface area contributed by atoms with Crippen molar-refractivity contribution < 1.29 is 9.47 Å². The molecule has 1 aliphatic heterocycles. The summed E-state index contributed by atoms with van der Waals surface area (Å²) in [7, 11) is 0. The molecule has 0 bridgehead atoms. The summed E-state index contributed by atoms with van der Waals surface area (Å²) in [5.41, 5.74) is 8.52. The maximum atomic E-state index is 6.47. The molecule has 0 saturated heterocycles. The maximum absolute atomic E-state index is 6.47. The Kier molecular flexibility index (Phi) is 4.78. The second-order valence-electron chi connectivity index (χ2n) is 4.66. The van der Waals surface area contributed by atoms with Crippen LogP contribution >= 0.6 is 54.5 Å². The molecule has 0 radical (unpaired) electrons. The van der Waals surface area contributed by atoms with Gasteiger partial charge in [-0.1, -0.05) is 31.9 Å². The number of fused-ring (bicyclic) bond motifs is 1. The molecule has 6 heteroatoms. The zero-order chi connectivity index (χ0) is 15.0. The minimum Gasteiger partial charge on any atom is -0.486 e. The van der Waals surface area contributed by atoms with E-state index in [-0.39, 0.29) is 6.04 Å². The van der Waals surface area contributed by atoms with Gasteiger partial charge in [0.1, 0.15) is 13.2 Å². The number of hydrogen-bond donors (Lipinski definition) is 1. The highest BCUT2D eigenvalue weighted by atomic mass is 127. The van der Waals surface area contributed by atoms with Gasteiger partial charge in [-0.25, -0.2) is 0 Å². The fourth-order valence-electron chi connectivity index (χ4n) is 2.24. The topological polar surface area (TPSA) is 44.5 Å². The summed E-state index contributed by atoms with van der Waals surface area (Å²) < 4.78 is 14.3. The Bertz CT molecular complexity index is 694. The zero-order valence-corrected chi connectivity index (χ0v) is 16.2. The first-order chi connectivity index (χ1) is 10.1. The lowest BCUT2D eigenvalue weighted by atomic mass is 9.99. The second kappa shape index (κ2) is 6.44. The Morgan fingerprint density at radius 1 is 1.00 bits per heavy atom. The third kappa shape index (κ3) is 3.23. The van der Waals surface area contributed by atoms with Gasteiger partial charge in [0.05, 0.1) is 6.04 Å². The summed E-state index contributed by atoms with van der Waals surface area (Å²) in [5, 5.41) is 0. The molecule has 1 aliphatic rings. The van der Waals surface area contributed by atoms with E-state index in [1.807, 2.05) is 24.3 Å². The monoisotopic (exact) mass is 523 g/mol. The van der Waals surface area contributed by atoms with Crippen LogP contribution in [0.5, 0.6) is 11.5 Å². The largest absolute Gasteiger partial charge is 0.486 e. The molecular formula is C15H12Br2INO2. The van der Waals surface area contributed by atoms with Crippen LogP contribution in [0.25, 0.3) is 0 Å². The van der Waals surface area contributed by atoms with Crippen molar-refractivity contribution in [2.45, 2.75) is 6.04 Å². The van der Waals surface area contributed by atoms with Crippen molar-refractivity contribution in [3.05, 3.63) is 54.0 Å². The smallest absolute Gasteiger partial charge is 0.162 e. The highest BCUT2D eigenvalue weighted by molar-refractivity contribution is 14.1. The summed E-state index contributed by atoms with van der Waals surface area (Å²) in [6.07, 6.45) is 0. The average Bonchev–Trinajstić information content (AvgIpc) is 2.48. The van der Waals surface area contributed by atoms with E-state index in [1.54, 1.807) is 0 Å². The van der Waals surface area contributed by atoms with E-state index < -0.39 is 0 Å². The second-order valence-corrected chi connectivity index (χ2v) is 7.59. The molecule has 2 N–H and O–H groups in total. The van der Waals surface area contributed by atoms with Gasteiger partial charge in [0, 0.05) is 12.5 Å². The van der Waals surface area contributed by atoms with Crippen LogP contribution in [0, 0.1) is 3.57 Å². The van der Waals surface area contributed by atoms with E-state index in [0.29, 0.717) is 13.2 Å². The Morgan fingerprint density at radius 3 is 2.38 bits per heavy atom. The Balaban J connectivity index is 2.05. The predicted molar refractivity (Wildman–Crippen MR) is 98.0 cm³/mol. The van der Waals surface area contributed by atoms with Crippen LogP contribution < -0.4 is 15.2 Å². The van der Waals surface area contributed by atoms with E-state index in [2.05, 4.69) is 60.5 Å². The third-order valence-corrected chi connectivity index (χ3v) is 5.45. The molecule has 2 aromatic carbocycles. The normalized spacial score (nSPS) is 14.9. The van der Waals surface area contributed by atoms with Crippen LogP contribution in [-0.2, 0) is 0 Å². The summed E-state index contributed by atoms with van der Waals surface area (Å²) >= 11 is 9.39. The molecule has 1 unspecified atom stereocenters. The number of hydrogen-bond acceptors (Lipinski definition) is 3. The van der Waals surface area contributed by atoms with Gasteiger partial charge in [-0.3, -0.25) is 0 Å². The van der Waals surface area contributed by atoms with Crippen molar-refractivity contribution in [1.29, 1.82) is 0 Å². The Labute approximate surface area is 153 Å². The lowest BCUT2D eigenvalue weighted by molar-refractivity contribution is 0.171. The minimum atomic E-state index is -0.236. The quantitative estimate of drug-likeness (QED) is 0.582. The van der Waals surface area contributed by atoms with E-state index in [0.717, 1.165) is 35.1 Å². The molecule has 0 amide bonds. The molecule has 1 atom stereocenters. The molecule has 21 heavy (non-hydrogen) atoms. The Hall–Kier alpha value is -0.310. The molecule has 0 fully saturated rings. The van der Waals surface area contributed by atoms with Crippen LogP contribution in [0.1, 0.15) is 17.2 Å². The summed E-state index contributed by atoms with van der Waals surface area (Å²) in [6, 6.07) is 9.76. The molecule has 0 aliphatic carbocycles. The minimum absolute atomic E-state index is 0.236. The molecule has 110 valence electrons. The van der Waals surface area contributed by atoms with Crippen molar-refractivity contribution in [2.75, 3.05) is 13.2 Å². The van der Waals surface area contributed by atoms with Gasteiger partial charge in [0.15, 0.2) is 11.5 Å². The summed E-state index contributed by atoms with van der Waals surface area (Å²) in [5.74, 6) is 1.51. The lowest BCUT2D eigenvalue weighted by Gasteiger charge is -2.22. The lowest BCUT2D eigenvalue weighted by Crippen LogP contribution is -2.18. The molecule has 0 saturated carbocycles. The summed E-state index contributed by atoms with van der Waals surface area (Å²) in [6.45, 7) is 1.14. The van der Waals surface area contributed by atoms with E-state index in [1.165, 1.54) is 0 Å². The number of halogens is 3. The van der Waals surface area contributed by atoms with Gasteiger partial charge >= 0.3 is 0 Å². The van der Waals surface area contributed by atoms with Gasteiger partial charge in [-0.15, -0.1) is 0 Å². The fourth-order valence-corrected chi connectivity index (χ4v) is 3.86.